The highest BCUT2D eigenvalue weighted by molar-refractivity contribution is 5.79. The van der Waals surface area contributed by atoms with Crippen LogP contribution in [0.5, 0.6) is 0 Å². The van der Waals surface area contributed by atoms with E-state index >= 15 is 0 Å². The molecule has 4 aliphatic rings. The van der Waals surface area contributed by atoms with Gasteiger partial charge in [0.25, 0.3) is 0 Å². The molecule has 1 heteroatoms. The molecule has 110 valence electrons. The van der Waals surface area contributed by atoms with Crippen molar-refractivity contribution in [1.82, 2.24) is 0 Å². The molecule has 20 heavy (non-hydrogen) atoms. The molecule has 0 amide bonds. The van der Waals surface area contributed by atoms with Crippen molar-refractivity contribution >= 4 is 5.78 Å². The van der Waals surface area contributed by atoms with Gasteiger partial charge in [0, 0.05) is 12.8 Å². The van der Waals surface area contributed by atoms with Crippen molar-refractivity contribution in [3.63, 3.8) is 0 Å². The predicted molar refractivity (Wildman–Crippen MR) is 81.3 cm³/mol. The monoisotopic (exact) mass is 272 g/mol. The van der Waals surface area contributed by atoms with Crippen LogP contribution >= 0.6 is 0 Å². The first-order chi connectivity index (χ1) is 9.53. The maximum absolute atomic E-state index is 11.8. The smallest absolute Gasteiger partial charge is 0.133 e. The van der Waals surface area contributed by atoms with Gasteiger partial charge in [-0.15, -0.1) is 0 Å². The number of Topliss-reactive ketones (excluding diaryl/α,β-unsaturated/α-hetero) is 1. The van der Waals surface area contributed by atoms with Crippen LogP contribution in [0.1, 0.15) is 65.2 Å². The molecule has 0 N–H and O–H groups in total. The lowest BCUT2D eigenvalue weighted by molar-refractivity contribution is -0.136. The molecular formula is C19H28O. The van der Waals surface area contributed by atoms with Crippen LogP contribution in [0.15, 0.2) is 12.2 Å². The Morgan fingerprint density at radius 3 is 2.80 bits per heavy atom. The summed E-state index contributed by atoms with van der Waals surface area (Å²) in [5, 5.41) is 0. The zero-order valence-corrected chi connectivity index (χ0v) is 13.0. The highest BCUT2D eigenvalue weighted by Crippen LogP contribution is 2.64. The van der Waals surface area contributed by atoms with E-state index in [1.165, 1.54) is 38.5 Å². The quantitative estimate of drug-likeness (QED) is 0.581. The van der Waals surface area contributed by atoms with Crippen LogP contribution in [-0.2, 0) is 4.79 Å². The minimum Gasteiger partial charge on any atom is -0.300 e. The number of allylic oxidation sites excluding steroid dienone is 2. The minimum absolute atomic E-state index is 0.473. The molecule has 0 aromatic heterocycles. The van der Waals surface area contributed by atoms with E-state index in [2.05, 4.69) is 26.0 Å². The molecule has 0 aromatic carbocycles. The lowest BCUT2D eigenvalue weighted by Crippen LogP contribution is -2.52. The van der Waals surface area contributed by atoms with Crippen molar-refractivity contribution in [2.75, 3.05) is 0 Å². The fourth-order valence-corrected chi connectivity index (χ4v) is 6.53. The summed E-state index contributed by atoms with van der Waals surface area (Å²) in [5.41, 5.74) is 0.968. The van der Waals surface area contributed by atoms with Gasteiger partial charge in [-0.05, 0) is 73.0 Å². The molecule has 4 aliphatic carbocycles. The predicted octanol–water partition coefficient (Wildman–Crippen LogP) is 4.76. The number of hydrogen-bond acceptors (Lipinski definition) is 1. The Kier molecular flexibility index (Phi) is 2.76. The highest BCUT2D eigenvalue weighted by Gasteiger charge is 2.56. The molecule has 0 spiro atoms. The lowest BCUT2D eigenvalue weighted by atomic mass is 9.45. The molecule has 4 rings (SSSR count). The standard InChI is InChI=1S/C19H28O/c1-18-9-3-4-16(18)15-6-5-13-12-14(20)7-11-19(13,2)17(15)8-10-18/h3,9,13,15-17H,4-8,10-12H2,1-2H3/t13-,15-,16+,17+,18-,19-/m0/s1. The highest BCUT2D eigenvalue weighted by atomic mass is 16.1. The van der Waals surface area contributed by atoms with Crippen LogP contribution in [0, 0.1) is 34.5 Å². The second-order valence-corrected chi connectivity index (χ2v) is 8.58. The van der Waals surface area contributed by atoms with Gasteiger partial charge in [-0.1, -0.05) is 26.0 Å². The summed E-state index contributed by atoms with van der Waals surface area (Å²) in [6, 6.07) is 0. The summed E-state index contributed by atoms with van der Waals surface area (Å²) in [5.74, 6) is 3.96. The van der Waals surface area contributed by atoms with E-state index in [1.807, 2.05) is 0 Å². The van der Waals surface area contributed by atoms with Crippen molar-refractivity contribution in [3.05, 3.63) is 12.2 Å². The molecule has 3 fully saturated rings. The van der Waals surface area contributed by atoms with E-state index in [-0.39, 0.29) is 0 Å². The summed E-state index contributed by atoms with van der Waals surface area (Å²) < 4.78 is 0. The van der Waals surface area contributed by atoms with E-state index in [9.17, 15) is 4.79 Å². The van der Waals surface area contributed by atoms with Crippen molar-refractivity contribution in [3.8, 4) is 0 Å². The Bertz CT molecular complexity index is 464. The number of carbonyl (C=O) groups is 1. The maximum Gasteiger partial charge on any atom is 0.133 e. The Morgan fingerprint density at radius 1 is 1.10 bits per heavy atom. The molecule has 0 saturated heterocycles. The fraction of sp³-hybridized carbons (Fsp3) is 0.842. The molecule has 0 aromatic rings. The summed E-state index contributed by atoms with van der Waals surface area (Å²) in [6.45, 7) is 5.03. The van der Waals surface area contributed by atoms with Gasteiger partial charge in [-0.25, -0.2) is 0 Å². The van der Waals surface area contributed by atoms with Crippen molar-refractivity contribution < 1.29 is 4.79 Å². The number of carbonyl (C=O) groups excluding carboxylic acids is 1. The van der Waals surface area contributed by atoms with E-state index in [4.69, 9.17) is 0 Å². The van der Waals surface area contributed by atoms with Crippen molar-refractivity contribution in [2.24, 2.45) is 34.5 Å². The molecule has 6 atom stereocenters. The first kappa shape index (κ1) is 13.1. The van der Waals surface area contributed by atoms with Crippen LogP contribution in [0.4, 0.5) is 0 Å². The van der Waals surface area contributed by atoms with Crippen LogP contribution in [0.3, 0.4) is 0 Å². The van der Waals surface area contributed by atoms with E-state index < -0.39 is 0 Å². The first-order valence-corrected chi connectivity index (χ1v) is 8.72. The Labute approximate surface area is 123 Å². The molecular weight excluding hydrogens is 244 g/mol. The maximum atomic E-state index is 11.8. The van der Waals surface area contributed by atoms with E-state index in [0.717, 1.165) is 30.6 Å². The van der Waals surface area contributed by atoms with Gasteiger partial charge in [0.1, 0.15) is 5.78 Å². The van der Waals surface area contributed by atoms with Crippen LogP contribution in [-0.4, -0.2) is 5.78 Å². The number of fused-ring (bicyclic) bond motifs is 5. The van der Waals surface area contributed by atoms with Crippen LogP contribution in [0.2, 0.25) is 0 Å². The van der Waals surface area contributed by atoms with E-state index in [0.29, 0.717) is 22.5 Å². The second-order valence-electron chi connectivity index (χ2n) is 8.58. The van der Waals surface area contributed by atoms with Crippen molar-refractivity contribution in [1.29, 1.82) is 0 Å². The van der Waals surface area contributed by atoms with Gasteiger partial charge >= 0.3 is 0 Å². The average molecular weight is 272 g/mol. The van der Waals surface area contributed by atoms with Gasteiger partial charge in [0.15, 0.2) is 0 Å². The SMILES string of the molecule is C[C@]12CCC(=O)C[C@@H]1CC[C@@H]1[C@H]2CC[C@]2(C)C=CC[C@H]12. The molecule has 0 radical (unpaired) electrons. The summed E-state index contributed by atoms with van der Waals surface area (Å²) in [6.07, 6.45) is 14.7. The average Bonchev–Trinajstić information content (AvgIpc) is 2.81. The van der Waals surface area contributed by atoms with Gasteiger partial charge in [-0.3, -0.25) is 4.79 Å². The lowest BCUT2D eigenvalue weighted by Gasteiger charge is -2.59. The van der Waals surface area contributed by atoms with Gasteiger partial charge in [-0.2, -0.15) is 0 Å². The third-order valence-corrected chi connectivity index (χ3v) is 7.81. The summed E-state index contributed by atoms with van der Waals surface area (Å²) >= 11 is 0. The molecule has 0 unspecified atom stereocenters. The number of hydrogen-bond donors (Lipinski definition) is 0. The molecule has 3 saturated carbocycles. The Hall–Kier alpha value is -0.590. The Morgan fingerprint density at radius 2 is 1.95 bits per heavy atom. The minimum atomic E-state index is 0.473. The first-order valence-electron chi connectivity index (χ1n) is 8.72. The zero-order chi connectivity index (χ0) is 14.0. The molecule has 1 nitrogen and oxygen atoms in total. The normalized spacial score (nSPS) is 54.2. The second kappa shape index (κ2) is 4.21. The third kappa shape index (κ3) is 1.64. The van der Waals surface area contributed by atoms with Gasteiger partial charge < -0.3 is 0 Å². The number of ketones is 1. The molecule has 0 bridgehead atoms. The third-order valence-electron chi connectivity index (χ3n) is 7.81. The largest absolute Gasteiger partial charge is 0.300 e. The molecule has 0 heterocycles. The van der Waals surface area contributed by atoms with Crippen LogP contribution < -0.4 is 0 Å². The van der Waals surface area contributed by atoms with E-state index in [1.54, 1.807) is 0 Å². The van der Waals surface area contributed by atoms with Gasteiger partial charge in [0.2, 0.25) is 0 Å². The Balaban J connectivity index is 1.64. The van der Waals surface area contributed by atoms with Crippen molar-refractivity contribution in [2.45, 2.75) is 65.2 Å². The number of rotatable bonds is 0. The van der Waals surface area contributed by atoms with Crippen LogP contribution in [0.25, 0.3) is 0 Å². The molecule has 0 aliphatic heterocycles. The topological polar surface area (TPSA) is 17.1 Å². The summed E-state index contributed by atoms with van der Waals surface area (Å²) in [4.78, 5) is 11.8. The fourth-order valence-electron chi connectivity index (χ4n) is 6.53. The zero-order valence-electron chi connectivity index (χ0n) is 13.0. The van der Waals surface area contributed by atoms with Gasteiger partial charge in [0.05, 0.1) is 0 Å². The summed E-state index contributed by atoms with van der Waals surface area (Å²) in [7, 11) is 0.